The number of fused-ring (bicyclic) bond motifs is 1. The van der Waals surface area contributed by atoms with Crippen molar-refractivity contribution in [3.8, 4) is 22.6 Å². The molecule has 0 unspecified atom stereocenters. The summed E-state index contributed by atoms with van der Waals surface area (Å²) in [7, 11) is -0.606. The molecule has 5 rings (SSSR count). The Kier molecular flexibility index (Phi) is 7.59. The summed E-state index contributed by atoms with van der Waals surface area (Å²) in [5, 5.41) is 3.32. The van der Waals surface area contributed by atoms with Crippen LogP contribution < -0.4 is 24.4 Å². The van der Waals surface area contributed by atoms with Crippen molar-refractivity contribution in [2.45, 2.75) is 37.8 Å². The normalized spacial score (nSPS) is 14.1. The highest BCUT2D eigenvalue weighted by atomic mass is 32.2. The predicted molar refractivity (Wildman–Crippen MR) is 162 cm³/mol. The van der Waals surface area contributed by atoms with Crippen LogP contribution >= 0.6 is 0 Å². The summed E-state index contributed by atoms with van der Waals surface area (Å²) >= 11 is 0. The Morgan fingerprint density at radius 1 is 0.952 bits per heavy atom. The Balaban J connectivity index is 1.60. The van der Waals surface area contributed by atoms with Gasteiger partial charge in [-0.3, -0.25) is 9.52 Å². The number of amides is 1. The molecule has 1 aliphatic heterocycles. The van der Waals surface area contributed by atoms with E-state index in [1.165, 1.54) is 31.4 Å². The van der Waals surface area contributed by atoms with Crippen LogP contribution in [0.2, 0.25) is 0 Å². The molecule has 0 fully saturated rings. The Morgan fingerprint density at radius 2 is 1.67 bits per heavy atom. The molecular formula is C32H32FN3O5S. The van der Waals surface area contributed by atoms with Crippen LogP contribution in [0.4, 0.5) is 21.5 Å². The number of carbonyl (C=O) groups is 1. The number of carbonyl (C=O) groups excluding carboxylic acids is 1. The van der Waals surface area contributed by atoms with Crippen LogP contribution in [0.25, 0.3) is 11.1 Å². The van der Waals surface area contributed by atoms with Gasteiger partial charge >= 0.3 is 0 Å². The van der Waals surface area contributed by atoms with E-state index in [1.54, 1.807) is 54.4 Å². The smallest absolute Gasteiger partial charge is 0.261 e. The van der Waals surface area contributed by atoms with Crippen LogP contribution in [0, 0.1) is 12.7 Å². The molecule has 10 heteroatoms. The highest BCUT2D eigenvalue weighted by Gasteiger charge is 2.38. The number of sulfonamides is 1. The molecule has 0 aromatic heterocycles. The maximum atomic E-state index is 14.0. The molecule has 0 bridgehead atoms. The average molecular weight is 590 g/mol. The van der Waals surface area contributed by atoms with Crippen LogP contribution in [0.15, 0.2) is 83.8 Å². The fourth-order valence-corrected chi connectivity index (χ4v) is 6.17. The quantitative estimate of drug-likeness (QED) is 0.248. The van der Waals surface area contributed by atoms with Gasteiger partial charge in [0.05, 0.1) is 29.1 Å². The molecular weight excluding hydrogens is 557 g/mol. The summed E-state index contributed by atoms with van der Waals surface area (Å²) < 4.78 is 54.3. The minimum absolute atomic E-state index is 0.0219. The van der Waals surface area contributed by atoms with E-state index < -0.39 is 21.4 Å². The van der Waals surface area contributed by atoms with Gasteiger partial charge in [-0.05, 0) is 68.3 Å². The van der Waals surface area contributed by atoms with Gasteiger partial charge in [-0.15, -0.1) is 0 Å². The Hall–Kier alpha value is -4.57. The van der Waals surface area contributed by atoms with Crippen LogP contribution in [0.3, 0.4) is 0 Å². The molecule has 1 heterocycles. The number of halogens is 1. The zero-order valence-electron chi connectivity index (χ0n) is 24.0. The summed E-state index contributed by atoms with van der Waals surface area (Å²) in [5.41, 5.74) is 3.66. The van der Waals surface area contributed by atoms with E-state index in [1.807, 2.05) is 32.9 Å². The van der Waals surface area contributed by atoms with Crippen molar-refractivity contribution in [1.82, 2.24) is 0 Å². The number of hydrogen-bond donors (Lipinski definition) is 2. The molecule has 0 aliphatic carbocycles. The van der Waals surface area contributed by atoms with E-state index in [2.05, 4.69) is 10.0 Å². The van der Waals surface area contributed by atoms with Crippen molar-refractivity contribution in [3.63, 3.8) is 0 Å². The Labute approximate surface area is 245 Å². The van der Waals surface area contributed by atoms with Crippen LogP contribution in [0.5, 0.6) is 11.5 Å². The maximum absolute atomic E-state index is 14.0. The lowest BCUT2D eigenvalue weighted by atomic mass is 9.91. The molecule has 4 aromatic carbocycles. The van der Waals surface area contributed by atoms with Gasteiger partial charge in [0.15, 0.2) is 0 Å². The van der Waals surface area contributed by atoms with Gasteiger partial charge < -0.3 is 19.7 Å². The zero-order valence-corrected chi connectivity index (χ0v) is 24.8. The lowest BCUT2D eigenvalue weighted by molar-refractivity contribution is -0.121. The van der Waals surface area contributed by atoms with Crippen LogP contribution in [-0.4, -0.2) is 34.0 Å². The average Bonchev–Trinajstić information content (AvgIpc) is 2.96. The fourth-order valence-electron chi connectivity index (χ4n) is 5.10. The van der Waals surface area contributed by atoms with E-state index >= 15 is 0 Å². The molecule has 8 nitrogen and oxygen atoms in total. The standard InChI is InChI=1S/C32H32FN3O5S/c1-20-11-12-21(33)17-28(20)41-19-26-24(15-16-27-30(26)36(4)31(37)32(2,3)34-27)25-14-13-22(18-29(25)40-5)35-42(38,39)23-9-7-6-8-10-23/h6-18,34-35H,19H2,1-5H3. The number of aryl methyl sites for hydroxylation is 1. The first-order valence-corrected chi connectivity index (χ1v) is 14.8. The first kappa shape index (κ1) is 28.9. The third-order valence-electron chi connectivity index (χ3n) is 7.22. The number of rotatable bonds is 8. The summed E-state index contributed by atoms with van der Waals surface area (Å²) in [5.74, 6) is 0.239. The van der Waals surface area contributed by atoms with Gasteiger partial charge in [-0.25, -0.2) is 12.8 Å². The Bertz CT molecular complexity index is 1770. The minimum atomic E-state index is -3.82. The second-order valence-corrected chi connectivity index (χ2v) is 12.3. The molecule has 0 saturated carbocycles. The molecule has 1 amide bonds. The van der Waals surface area contributed by atoms with Crippen molar-refractivity contribution in [1.29, 1.82) is 0 Å². The Morgan fingerprint density at radius 3 is 2.38 bits per heavy atom. The third kappa shape index (κ3) is 5.49. The van der Waals surface area contributed by atoms with Gasteiger partial charge in [0, 0.05) is 30.3 Å². The molecule has 1 aliphatic rings. The second kappa shape index (κ2) is 11.0. The van der Waals surface area contributed by atoms with E-state index in [9.17, 15) is 17.6 Å². The molecule has 4 aromatic rings. The van der Waals surface area contributed by atoms with E-state index in [0.717, 1.165) is 11.3 Å². The number of hydrogen-bond acceptors (Lipinski definition) is 6. The number of ether oxygens (including phenoxy) is 2. The summed E-state index contributed by atoms with van der Waals surface area (Å²) in [6.45, 7) is 5.47. The predicted octanol–water partition coefficient (Wildman–Crippen LogP) is 6.36. The van der Waals surface area contributed by atoms with Crippen LogP contribution in [0.1, 0.15) is 25.0 Å². The topological polar surface area (TPSA) is 97.0 Å². The number of nitrogens with zero attached hydrogens (tertiary/aromatic N) is 1. The summed E-state index contributed by atoms with van der Waals surface area (Å²) in [6, 6.07) is 21.2. The van der Waals surface area contributed by atoms with Crippen molar-refractivity contribution in [3.05, 3.63) is 95.8 Å². The molecule has 0 radical (unpaired) electrons. The number of benzene rings is 4. The summed E-state index contributed by atoms with van der Waals surface area (Å²) in [6.07, 6.45) is 0. The minimum Gasteiger partial charge on any atom is -0.496 e. The molecule has 0 saturated heterocycles. The number of nitrogens with one attached hydrogen (secondary N) is 2. The van der Waals surface area contributed by atoms with Crippen molar-refractivity contribution < 1.29 is 27.1 Å². The number of likely N-dealkylation sites (N-methyl/N-ethyl adjacent to an activating group) is 1. The largest absolute Gasteiger partial charge is 0.496 e. The van der Waals surface area contributed by atoms with Gasteiger partial charge in [-0.2, -0.15) is 0 Å². The molecule has 2 N–H and O–H groups in total. The highest BCUT2D eigenvalue weighted by molar-refractivity contribution is 7.92. The third-order valence-corrected chi connectivity index (χ3v) is 8.62. The number of methoxy groups -OCH3 is 1. The van der Waals surface area contributed by atoms with Crippen LogP contribution in [-0.2, 0) is 21.4 Å². The lowest BCUT2D eigenvalue weighted by Gasteiger charge is -2.39. The van der Waals surface area contributed by atoms with Crippen molar-refractivity contribution >= 4 is 33.0 Å². The van der Waals surface area contributed by atoms with Gasteiger partial charge in [0.1, 0.15) is 29.5 Å². The van der Waals surface area contributed by atoms with E-state index in [4.69, 9.17) is 9.47 Å². The monoisotopic (exact) mass is 589 g/mol. The van der Waals surface area contributed by atoms with Gasteiger partial charge in [0.25, 0.3) is 15.9 Å². The lowest BCUT2D eigenvalue weighted by Crippen LogP contribution is -2.52. The van der Waals surface area contributed by atoms with Crippen molar-refractivity contribution in [2.75, 3.05) is 29.1 Å². The molecule has 218 valence electrons. The zero-order chi connectivity index (χ0) is 30.2. The maximum Gasteiger partial charge on any atom is 0.261 e. The molecule has 42 heavy (non-hydrogen) atoms. The number of anilines is 3. The molecule has 0 atom stereocenters. The van der Waals surface area contributed by atoms with Crippen molar-refractivity contribution in [2.24, 2.45) is 0 Å². The second-order valence-electron chi connectivity index (χ2n) is 10.6. The summed E-state index contributed by atoms with van der Waals surface area (Å²) in [4.78, 5) is 15.0. The van der Waals surface area contributed by atoms with Gasteiger partial charge in [-0.1, -0.05) is 30.3 Å². The van der Waals surface area contributed by atoms with Gasteiger partial charge in [0.2, 0.25) is 0 Å². The molecule has 0 spiro atoms. The first-order chi connectivity index (χ1) is 19.9. The SMILES string of the molecule is COc1cc(NS(=O)(=O)c2ccccc2)ccc1-c1ccc2c(c1COc1cc(F)ccc1C)N(C)C(=O)C(C)(C)N2. The highest BCUT2D eigenvalue weighted by Crippen LogP contribution is 2.45. The first-order valence-electron chi connectivity index (χ1n) is 13.3. The van der Waals surface area contributed by atoms with E-state index in [-0.39, 0.29) is 17.4 Å². The van der Waals surface area contributed by atoms with E-state index in [0.29, 0.717) is 39.6 Å². The fraction of sp³-hybridized carbons (Fsp3) is 0.219.